The van der Waals surface area contributed by atoms with E-state index in [0.717, 1.165) is 34.5 Å². The third-order valence-corrected chi connectivity index (χ3v) is 4.56. The number of nitrogens with one attached hydrogen (secondary N) is 2. The van der Waals surface area contributed by atoms with E-state index in [1.165, 1.54) is 0 Å². The second kappa shape index (κ2) is 10.9. The molecule has 0 saturated heterocycles. The smallest absolute Gasteiger partial charge is 0.233 e. The summed E-state index contributed by atoms with van der Waals surface area (Å²) in [7, 11) is 0. The van der Waals surface area contributed by atoms with Gasteiger partial charge >= 0.3 is 0 Å². The van der Waals surface area contributed by atoms with Gasteiger partial charge in [-0.1, -0.05) is 60.7 Å². The van der Waals surface area contributed by atoms with E-state index in [9.17, 15) is 4.79 Å². The molecule has 150 valence electrons. The highest BCUT2D eigenvalue weighted by Gasteiger charge is 2.03. The molecule has 0 aliphatic heterocycles. The van der Waals surface area contributed by atoms with Gasteiger partial charge in [-0.05, 0) is 41.3 Å². The molecule has 3 rings (SSSR count). The molecule has 1 amide bonds. The first-order valence-electron chi connectivity index (χ1n) is 9.77. The monoisotopic (exact) mass is 389 g/mol. The number of anilines is 1. The van der Waals surface area contributed by atoms with Gasteiger partial charge in [0, 0.05) is 18.8 Å². The van der Waals surface area contributed by atoms with Crippen LogP contribution in [-0.2, 0) is 24.4 Å². The van der Waals surface area contributed by atoms with Gasteiger partial charge in [-0.2, -0.15) is 0 Å². The molecule has 0 heterocycles. The number of carbonyl (C=O) groups is 1. The van der Waals surface area contributed by atoms with E-state index >= 15 is 0 Å². The zero-order chi connectivity index (χ0) is 20.3. The maximum atomic E-state index is 12.0. The average molecular weight is 389 g/mol. The Morgan fingerprint density at radius 2 is 1.59 bits per heavy atom. The molecular formula is C24H27N3O2. The highest BCUT2D eigenvalue weighted by molar-refractivity contribution is 5.78. The van der Waals surface area contributed by atoms with Gasteiger partial charge in [-0.3, -0.25) is 4.79 Å². The molecule has 0 spiro atoms. The van der Waals surface area contributed by atoms with Gasteiger partial charge in [0.05, 0.1) is 6.54 Å². The molecule has 0 aromatic heterocycles. The molecule has 0 aliphatic rings. The Morgan fingerprint density at radius 3 is 2.34 bits per heavy atom. The van der Waals surface area contributed by atoms with Gasteiger partial charge in [0.2, 0.25) is 5.91 Å². The van der Waals surface area contributed by atoms with Gasteiger partial charge in [0.25, 0.3) is 0 Å². The van der Waals surface area contributed by atoms with E-state index in [0.29, 0.717) is 19.7 Å². The Labute approximate surface area is 171 Å². The number of carbonyl (C=O) groups excluding carboxylic acids is 1. The fraction of sp³-hybridized carbons (Fsp3) is 0.208. The van der Waals surface area contributed by atoms with E-state index in [1.807, 2.05) is 78.9 Å². The highest BCUT2D eigenvalue weighted by atomic mass is 16.5. The Hall–Kier alpha value is -3.31. The lowest BCUT2D eigenvalue weighted by molar-refractivity contribution is -0.120. The largest absolute Gasteiger partial charge is 0.489 e. The van der Waals surface area contributed by atoms with Crippen LogP contribution < -0.4 is 21.1 Å². The molecule has 0 unspecified atom stereocenters. The maximum absolute atomic E-state index is 12.0. The quantitative estimate of drug-likeness (QED) is 0.465. The predicted molar refractivity (Wildman–Crippen MR) is 116 cm³/mol. The van der Waals surface area contributed by atoms with Gasteiger partial charge in [0.1, 0.15) is 12.4 Å². The Morgan fingerprint density at radius 1 is 0.862 bits per heavy atom. The minimum absolute atomic E-state index is 0.0256. The van der Waals surface area contributed by atoms with Crippen molar-refractivity contribution in [3.8, 4) is 5.75 Å². The van der Waals surface area contributed by atoms with Crippen LogP contribution in [0.1, 0.15) is 16.7 Å². The van der Waals surface area contributed by atoms with Crippen LogP contribution in [0.2, 0.25) is 0 Å². The fourth-order valence-corrected chi connectivity index (χ4v) is 2.93. The van der Waals surface area contributed by atoms with Crippen LogP contribution in [0.15, 0.2) is 78.9 Å². The Bertz CT molecular complexity index is 896. The van der Waals surface area contributed by atoms with Crippen molar-refractivity contribution in [1.29, 1.82) is 0 Å². The van der Waals surface area contributed by atoms with Crippen LogP contribution in [0, 0.1) is 0 Å². The van der Waals surface area contributed by atoms with E-state index in [-0.39, 0.29) is 12.5 Å². The van der Waals surface area contributed by atoms with Crippen LogP contribution in [0.5, 0.6) is 5.75 Å². The van der Waals surface area contributed by atoms with Gasteiger partial charge < -0.3 is 21.1 Å². The summed E-state index contributed by atoms with van der Waals surface area (Å²) in [6.07, 6.45) is 0.725. The number of rotatable bonds is 10. The molecule has 0 aliphatic carbocycles. The Balaban J connectivity index is 1.32. The van der Waals surface area contributed by atoms with Crippen LogP contribution in [0.3, 0.4) is 0 Å². The van der Waals surface area contributed by atoms with E-state index in [1.54, 1.807) is 0 Å². The summed E-state index contributed by atoms with van der Waals surface area (Å²) in [6, 6.07) is 25.7. The summed E-state index contributed by atoms with van der Waals surface area (Å²) in [6.45, 7) is 2.02. The Kier molecular flexibility index (Phi) is 7.66. The van der Waals surface area contributed by atoms with Crippen LogP contribution in [0.25, 0.3) is 0 Å². The number of nitrogen functional groups attached to an aromatic ring is 1. The number of nitrogens with two attached hydrogens (primary N) is 1. The van der Waals surface area contributed by atoms with E-state index < -0.39 is 0 Å². The minimum Gasteiger partial charge on any atom is -0.489 e. The van der Waals surface area contributed by atoms with Crippen LogP contribution in [0.4, 0.5) is 5.69 Å². The zero-order valence-corrected chi connectivity index (χ0v) is 16.4. The summed E-state index contributed by atoms with van der Waals surface area (Å²) < 4.78 is 5.79. The number of hydrogen-bond donors (Lipinski definition) is 3. The lowest BCUT2D eigenvalue weighted by atomic mass is 10.1. The van der Waals surface area contributed by atoms with Crippen molar-refractivity contribution < 1.29 is 9.53 Å². The highest BCUT2D eigenvalue weighted by Crippen LogP contribution is 2.14. The van der Waals surface area contributed by atoms with Gasteiger partial charge in [-0.25, -0.2) is 0 Å². The first-order chi connectivity index (χ1) is 14.2. The fourth-order valence-electron chi connectivity index (χ4n) is 2.93. The SMILES string of the molecule is Nc1ccccc1CCNC(=O)CNCc1ccc(OCc2ccccc2)cc1. The van der Waals surface area contributed by atoms with Crippen molar-refractivity contribution in [1.82, 2.24) is 10.6 Å². The predicted octanol–water partition coefficient (Wildman–Crippen LogP) is 3.30. The maximum Gasteiger partial charge on any atom is 0.233 e. The average Bonchev–Trinajstić information content (AvgIpc) is 2.75. The molecule has 29 heavy (non-hydrogen) atoms. The summed E-state index contributed by atoms with van der Waals surface area (Å²) in [4.78, 5) is 12.0. The van der Waals surface area contributed by atoms with Crippen molar-refractivity contribution in [2.45, 2.75) is 19.6 Å². The summed E-state index contributed by atoms with van der Waals surface area (Å²) in [5, 5.41) is 6.07. The third-order valence-electron chi connectivity index (χ3n) is 4.56. The number of amides is 1. The zero-order valence-electron chi connectivity index (χ0n) is 16.4. The van der Waals surface area contributed by atoms with Crippen LogP contribution in [-0.4, -0.2) is 19.0 Å². The first-order valence-corrected chi connectivity index (χ1v) is 9.77. The molecule has 0 saturated carbocycles. The summed E-state index contributed by atoms with van der Waals surface area (Å²) >= 11 is 0. The number of ether oxygens (including phenoxy) is 1. The van der Waals surface area contributed by atoms with Crippen molar-refractivity contribution >= 4 is 11.6 Å². The third kappa shape index (κ3) is 6.97. The van der Waals surface area contributed by atoms with Crippen LogP contribution >= 0.6 is 0 Å². The molecule has 0 atom stereocenters. The first kappa shape index (κ1) is 20.4. The molecule has 4 N–H and O–H groups in total. The molecule has 5 nitrogen and oxygen atoms in total. The second-order valence-corrected chi connectivity index (χ2v) is 6.82. The number of hydrogen-bond acceptors (Lipinski definition) is 4. The lowest BCUT2D eigenvalue weighted by Crippen LogP contribution is -2.34. The summed E-state index contributed by atoms with van der Waals surface area (Å²) in [5.74, 6) is 0.804. The van der Waals surface area contributed by atoms with Crippen molar-refractivity contribution in [3.63, 3.8) is 0 Å². The van der Waals surface area contributed by atoms with E-state index in [2.05, 4.69) is 10.6 Å². The van der Waals surface area contributed by atoms with E-state index in [4.69, 9.17) is 10.5 Å². The number of para-hydroxylation sites is 1. The summed E-state index contributed by atoms with van der Waals surface area (Å²) in [5.41, 5.74) is 9.96. The van der Waals surface area contributed by atoms with Crippen molar-refractivity contribution in [2.75, 3.05) is 18.8 Å². The standard InChI is InChI=1S/C24H27N3O2/c25-23-9-5-4-8-21(23)14-15-27-24(28)17-26-16-19-10-12-22(13-11-19)29-18-20-6-2-1-3-7-20/h1-13,26H,14-18,25H2,(H,27,28). The molecule has 0 radical (unpaired) electrons. The molecule has 3 aromatic rings. The molecule has 0 fully saturated rings. The topological polar surface area (TPSA) is 76.4 Å². The van der Waals surface area contributed by atoms with Gasteiger partial charge in [0.15, 0.2) is 0 Å². The minimum atomic E-state index is -0.0256. The number of benzene rings is 3. The molecule has 5 heteroatoms. The van der Waals surface area contributed by atoms with Gasteiger partial charge in [-0.15, -0.1) is 0 Å². The van der Waals surface area contributed by atoms with Crippen molar-refractivity contribution in [3.05, 3.63) is 95.6 Å². The molecule has 0 bridgehead atoms. The second-order valence-electron chi connectivity index (χ2n) is 6.82. The van der Waals surface area contributed by atoms with Crippen molar-refractivity contribution in [2.24, 2.45) is 0 Å². The molecular weight excluding hydrogens is 362 g/mol. The lowest BCUT2D eigenvalue weighted by Gasteiger charge is -2.09. The molecule has 3 aromatic carbocycles. The normalized spacial score (nSPS) is 10.5.